The number of ether oxygens (including phenoxy) is 1. The minimum Gasteiger partial charge on any atom is -0.377 e. The molecule has 0 bridgehead atoms. The number of hydrogen-bond acceptors (Lipinski definition) is 3. The van der Waals surface area contributed by atoms with Crippen LogP contribution in [0.3, 0.4) is 0 Å². The van der Waals surface area contributed by atoms with Gasteiger partial charge in [0.05, 0.1) is 6.10 Å². The van der Waals surface area contributed by atoms with Crippen molar-refractivity contribution in [3.05, 3.63) is 0 Å². The van der Waals surface area contributed by atoms with Crippen molar-refractivity contribution in [1.29, 1.82) is 0 Å². The van der Waals surface area contributed by atoms with Crippen LogP contribution >= 0.6 is 0 Å². The van der Waals surface area contributed by atoms with Crippen LogP contribution in [0.2, 0.25) is 0 Å². The zero-order chi connectivity index (χ0) is 12.4. The highest BCUT2D eigenvalue weighted by molar-refractivity contribution is 4.87. The predicted octanol–water partition coefficient (Wildman–Crippen LogP) is 1.87. The van der Waals surface area contributed by atoms with Gasteiger partial charge in [-0.2, -0.15) is 0 Å². The summed E-state index contributed by atoms with van der Waals surface area (Å²) in [6.07, 6.45) is 4.34. The predicted molar refractivity (Wildman–Crippen MR) is 71.2 cm³/mol. The van der Waals surface area contributed by atoms with Gasteiger partial charge in [0.15, 0.2) is 0 Å². The summed E-state index contributed by atoms with van der Waals surface area (Å²) in [4.78, 5) is 2.52. The molecule has 1 aliphatic heterocycles. The Bertz CT molecular complexity index is 242. The fourth-order valence-corrected chi connectivity index (χ4v) is 2.77. The van der Waals surface area contributed by atoms with Crippen molar-refractivity contribution in [3.8, 4) is 0 Å². The van der Waals surface area contributed by atoms with Gasteiger partial charge in [-0.15, -0.1) is 0 Å². The Kier molecular flexibility index (Phi) is 4.45. The molecule has 3 heteroatoms. The van der Waals surface area contributed by atoms with E-state index in [0.29, 0.717) is 24.1 Å². The summed E-state index contributed by atoms with van der Waals surface area (Å²) >= 11 is 0. The molecule has 1 aliphatic carbocycles. The molecule has 0 radical (unpaired) electrons. The summed E-state index contributed by atoms with van der Waals surface area (Å²) in [7, 11) is 2.26. The molecule has 2 fully saturated rings. The molecular formula is C14H28N2O. The highest BCUT2D eigenvalue weighted by atomic mass is 16.5. The van der Waals surface area contributed by atoms with Gasteiger partial charge in [-0.3, -0.25) is 4.90 Å². The summed E-state index contributed by atoms with van der Waals surface area (Å²) in [5.74, 6) is 0.702. The Morgan fingerprint density at radius 3 is 2.53 bits per heavy atom. The summed E-state index contributed by atoms with van der Waals surface area (Å²) in [5.41, 5.74) is 0. The fourth-order valence-electron chi connectivity index (χ4n) is 2.77. The lowest BCUT2D eigenvalue weighted by atomic mass is 9.99. The number of likely N-dealkylation sites (N-methyl/N-ethyl adjacent to an activating group) is 1. The van der Waals surface area contributed by atoms with Crippen molar-refractivity contribution in [3.63, 3.8) is 0 Å². The molecular weight excluding hydrogens is 212 g/mol. The lowest BCUT2D eigenvalue weighted by molar-refractivity contribution is 0.0593. The van der Waals surface area contributed by atoms with E-state index in [0.717, 1.165) is 19.2 Å². The van der Waals surface area contributed by atoms with Crippen molar-refractivity contribution in [1.82, 2.24) is 10.2 Å². The molecule has 0 aromatic carbocycles. The standard InChI is InChI=1S/C14H28N2O/c1-10(9-15-13-5-6-13)11(2)16(4)14-7-8-17-12(14)3/h10-15H,5-9H2,1-4H3. The molecule has 17 heavy (non-hydrogen) atoms. The van der Waals surface area contributed by atoms with Crippen LogP contribution in [0.15, 0.2) is 0 Å². The van der Waals surface area contributed by atoms with Crippen molar-refractivity contribution in [2.45, 2.75) is 64.3 Å². The Labute approximate surface area is 106 Å². The van der Waals surface area contributed by atoms with Crippen LogP contribution in [0.1, 0.15) is 40.0 Å². The molecule has 3 nitrogen and oxygen atoms in total. The van der Waals surface area contributed by atoms with Crippen LogP contribution in [0.4, 0.5) is 0 Å². The lowest BCUT2D eigenvalue weighted by Gasteiger charge is -2.35. The minimum absolute atomic E-state index is 0.394. The first-order valence-electron chi connectivity index (χ1n) is 7.16. The second-order valence-electron chi connectivity index (χ2n) is 6.00. The molecule has 1 N–H and O–H groups in total. The number of nitrogens with one attached hydrogen (secondary N) is 1. The van der Waals surface area contributed by atoms with Gasteiger partial charge < -0.3 is 10.1 Å². The molecule has 0 amide bonds. The normalized spacial score (nSPS) is 33.0. The fraction of sp³-hybridized carbons (Fsp3) is 1.00. The van der Waals surface area contributed by atoms with E-state index in [1.165, 1.54) is 19.3 Å². The van der Waals surface area contributed by atoms with Crippen molar-refractivity contribution in [2.75, 3.05) is 20.2 Å². The lowest BCUT2D eigenvalue weighted by Crippen LogP contribution is -2.47. The second kappa shape index (κ2) is 5.68. The Morgan fingerprint density at radius 1 is 1.29 bits per heavy atom. The molecule has 4 atom stereocenters. The molecule has 1 saturated carbocycles. The first kappa shape index (κ1) is 13.3. The third-order valence-electron chi connectivity index (χ3n) is 4.63. The van der Waals surface area contributed by atoms with E-state index in [9.17, 15) is 0 Å². The van der Waals surface area contributed by atoms with Crippen LogP contribution in [-0.4, -0.2) is 49.3 Å². The van der Waals surface area contributed by atoms with Gasteiger partial charge in [-0.25, -0.2) is 0 Å². The van der Waals surface area contributed by atoms with Gasteiger partial charge in [0.2, 0.25) is 0 Å². The molecule has 2 aliphatic rings. The van der Waals surface area contributed by atoms with Gasteiger partial charge in [-0.1, -0.05) is 6.92 Å². The number of hydrogen-bond donors (Lipinski definition) is 1. The molecule has 4 unspecified atom stereocenters. The maximum absolute atomic E-state index is 5.67. The van der Waals surface area contributed by atoms with E-state index in [1.807, 2.05) is 0 Å². The average molecular weight is 240 g/mol. The summed E-state index contributed by atoms with van der Waals surface area (Å²) in [6.45, 7) is 8.99. The number of rotatable bonds is 6. The van der Waals surface area contributed by atoms with E-state index >= 15 is 0 Å². The highest BCUT2D eigenvalue weighted by Crippen LogP contribution is 2.23. The van der Waals surface area contributed by atoms with Gasteiger partial charge in [0.1, 0.15) is 0 Å². The van der Waals surface area contributed by atoms with Crippen LogP contribution in [0.5, 0.6) is 0 Å². The number of nitrogens with zero attached hydrogens (tertiary/aromatic N) is 1. The maximum atomic E-state index is 5.67. The van der Waals surface area contributed by atoms with Gasteiger partial charge in [-0.05, 0) is 52.6 Å². The van der Waals surface area contributed by atoms with Gasteiger partial charge in [0.25, 0.3) is 0 Å². The Hall–Kier alpha value is -0.120. The molecule has 0 spiro atoms. The zero-order valence-electron chi connectivity index (χ0n) is 11.8. The van der Waals surface area contributed by atoms with E-state index in [-0.39, 0.29) is 0 Å². The molecule has 0 aromatic rings. The molecule has 1 saturated heterocycles. The quantitative estimate of drug-likeness (QED) is 0.767. The molecule has 1 heterocycles. The topological polar surface area (TPSA) is 24.5 Å². The molecule has 100 valence electrons. The Morgan fingerprint density at radius 2 is 2.00 bits per heavy atom. The monoisotopic (exact) mass is 240 g/mol. The Balaban J connectivity index is 1.77. The smallest absolute Gasteiger partial charge is 0.0703 e. The summed E-state index contributed by atoms with van der Waals surface area (Å²) < 4.78 is 5.67. The van der Waals surface area contributed by atoms with E-state index in [2.05, 4.69) is 38.0 Å². The zero-order valence-corrected chi connectivity index (χ0v) is 11.8. The van der Waals surface area contributed by atoms with Crippen LogP contribution < -0.4 is 5.32 Å². The van der Waals surface area contributed by atoms with Gasteiger partial charge in [0, 0.05) is 24.7 Å². The van der Waals surface area contributed by atoms with Crippen LogP contribution in [0.25, 0.3) is 0 Å². The van der Waals surface area contributed by atoms with E-state index in [1.54, 1.807) is 0 Å². The first-order chi connectivity index (χ1) is 8.09. The van der Waals surface area contributed by atoms with Crippen molar-refractivity contribution >= 4 is 0 Å². The van der Waals surface area contributed by atoms with E-state index < -0.39 is 0 Å². The second-order valence-corrected chi connectivity index (χ2v) is 6.00. The van der Waals surface area contributed by atoms with Crippen LogP contribution in [-0.2, 0) is 4.74 Å². The average Bonchev–Trinajstić information content (AvgIpc) is 3.05. The van der Waals surface area contributed by atoms with Crippen molar-refractivity contribution < 1.29 is 4.74 Å². The minimum atomic E-state index is 0.394. The largest absolute Gasteiger partial charge is 0.377 e. The molecule has 2 rings (SSSR count). The third-order valence-corrected chi connectivity index (χ3v) is 4.63. The highest BCUT2D eigenvalue weighted by Gasteiger charge is 2.32. The SMILES string of the molecule is CC(CNC1CC1)C(C)N(C)C1CCOC1C. The third kappa shape index (κ3) is 3.43. The summed E-state index contributed by atoms with van der Waals surface area (Å²) in [5, 5.41) is 3.64. The van der Waals surface area contributed by atoms with Crippen LogP contribution in [0, 0.1) is 5.92 Å². The summed E-state index contributed by atoms with van der Waals surface area (Å²) in [6, 6.07) is 2.05. The van der Waals surface area contributed by atoms with Crippen molar-refractivity contribution in [2.24, 2.45) is 5.92 Å². The van der Waals surface area contributed by atoms with Gasteiger partial charge >= 0.3 is 0 Å². The maximum Gasteiger partial charge on any atom is 0.0703 e. The first-order valence-corrected chi connectivity index (χ1v) is 7.16. The molecule has 0 aromatic heterocycles. The van der Waals surface area contributed by atoms with E-state index in [4.69, 9.17) is 4.74 Å².